The lowest BCUT2D eigenvalue weighted by atomic mass is 9.90. The Morgan fingerprint density at radius 1 is 1.39 bits per heavy atom. The number of benzene rings is 1. The molecular weight excluding hydrogens is 298 g/mol. The topological polar surface area (TPSA) is 98.7 Å². The molecule has 7 nitrogen and oxygen atoms in total. The van der Waals surface area contributed by atoms with Gasteiger partial charge in [0.25, 0.3) is 5.69 Å². The normalized spacial score (nSPS) is 24.9. The summed E-state index contributed by atoms with van der Waals surface area (Å²) in [5.74, 6) is -0.654. The number of fused-ring (bicyclic) bond motifs is 1. The van der Waals surface area contributed by atoms with Gasteiger partial charge in [0.1, 0.15) is 0 Å². The van der Waals surface area contributed by atoms with Gasteiger partial charge in [-0.05, 0) is 18.9 Å². The molecule has 2 fully saturated rings. The molecule has 7 heteroatoms. The molecule has 1 saturated carbocycles. The molecule has 3 rings (SSSR count). The van der Waals surface area contributed by atoms with Crippen LogP contribution in [0, 0.1) is 10.1 Å². The first-order valence-electron chi connectivity index (χ1n) is 7.99. The molecule has 0 aromatic heterocycles. The van der Waals surface area contributed by atoms with Crippen molar-refractivity contribution >= 4 is 11.6 Å². The highest BCUT2D eigenvalue weighted by atomic mass is 16.6. The molecule has 0 spiro atoms. The predicted octanol–water partition coefficient (Wildman–Crippen LogP) is 1.84. The lowest BCUT2D eigenvalue weighted by Crippen LogP contribution is -2.52. The van der Waals surface area contributed by atoms with Gasteiger partial charge in [0.05, 0.1) is 17.6 Å². The maximum Gasteiger partial charge on any atom is 0.274 e. The third-order valence-electron chi connectivity index (χ3n) is 4.79. The smallest absolute Gasteiger partial charge is 0.274 e. The van der Waals surface area contributed by atoms with E-state index in [0.717, 1.165) is 19.4 Å². The maximum absolute atomic E-state index is 11.3. The summed E-state index contributed by atoms with van der Waals surface area (Å²) in [6.07, 6.45) is 4.72. The Morgan fingerprint density at radius 3 is 2.91 bits per heavy atom. The first-order valence-corrected chi connectivity index (χ1v) is 7.99. The van der Waals surface area contributed by atoms with Crippen LogP contribution in [0.3, 0.4) is 0 Å². The highest BCUT2D eigenvalue weighted by Gasteiger charge is 2.34. The van der Waals surface area contributed by atoms with E-state index in [1.165, 1.54) is 18.9 Å². The van der Waals surface area contributed by atoms with Gasteiger partial charge in [-0.3, -0.25) is 19.8 Å². The van der Waals surface area contributed by atoms with Crippen molar-refractivity contribution in [1.82, 2.24) is 4.90 Å². The SMILES string of the molecule is NC(=O)c1ccc(CN2CCO[C@H]3CCCC[C@H]32)c([N+](=O)[O-])c1. The number of nitro groups is 1. The zero-order valence-electron chi connectivity index (χ0n) is 12.9. The Morgan fingerprint density at radius 2 is 2.17 bits per heavy atom. The van der Waals surface area contributed by atoms with Crippen molar-refractivity contribution in [2.45, 2.75) is 44.4 Å². The monoisotopic (exact) mass is 319 g/mol. The highest BCUT2D eigenvalue weighted by molar-refractivity contribution is 5.93. The summed E-state index contributed by atoms with van der Waals surface area (Å²) in [5, 5.41) is 11.3. The number of carbonyl (C=O) groups is 1. The van der Waals surface area contributed by atoms with E-state index in [-0.39, 0.29) is 17.4 Å². The fourth-order valence-electron chi connectivity index (χ4n) is 3.61. The van der Waals surface area contributed by atoms with E-state index in [0.29, 0.717) is 24.8 Å². The average molecular weight is 319 g/mol. The zero-order valence-corrected chi connectivity index (χ0v) is 12.9. The van der Waals surface area contributed by atoms with Crippen LogP contribution in [0.4, 0.5) is 5.69 Å². The molecule has 1 aliphatic carbocycles. The molecule has 1 aromatic carbocycles. The number of ether oxygens (including phenoxy) is 1. The van der Waals surface area contributed by atoms with Crippen LogP contribution in [-0.4, -0.2) is 41.0 Å². The third kappa shape index (κ3) is 3.35. The second-order valence-electron chi connectivity index (χ2n) is 6.20. The number of nitrogens with two attached hydrogens (primary N) is 1. The van der Waals surface area contributed by atoms with Crippen molar-refractivity contribution in [1.29, 1.82) is 0 Å². The quantitative estimate of drug-likeness (QED) is 0.674. The Bertz CT molecular complexity index is 617. The second kappa shape index (κ2) is 6.64. The van der Waals surface area contributed by atoms with E-state index in [4.69, 9.17) is 10.5 Å². The zero-order chi connectivity index (χ0) is 16.4. The highest BCUT2D eigenvalue weighted by Crippen LogP contribution is 2.31. The summed E-state index contributed by atoms with van der Waals surface area (Å²) in [7, 11) is 0. The number of nitro benzene ring substituents is 1. The molecule has 1 aromatic rings. The van der Waals surface area contributed by atoms with Crippen LogP contribution < -0.4 is 5.73 Å². The van der Waals surface area contributed by atoms with E-state index in [1.54, 1.807) is 12.1 Å². The van der Waals surface area contributed by atoms with E-state index < -0.39 is 10.8 Å². The van der Waals surface area contributed by atoms with Gasteiger partial charge in [-0.2, -0.15) is 0 Å². The first-order chi connectivity index (χ1) is 11.1. The van der Waals surface area contributed by atoms with Gasteiger partial charge in [-0.1, -0.05) is 18.9 Å². The predicted molar refractivity (Wildman–Crippen MR) is 84.0 cm³/mol. The molecule has 1 heterocycles. The molecule has 1 amide bonds. The number of hydrogen-bond acceptors (Lipinski definition) is 5. The van der Waals surface area contributed by atoms with Crippen molar-refractivity contribution in [2.24, 2.45) is 5.73 Å². The molecular formula is C16H21N3O4. The number of amides is 1. The minimum Gasteiger partial charge on any atom is -0.375 e. The van der Waals surface area contributed by atoms with Gasteiger partial charge < -0.3 is 10.5 Å². The summed E-state index contributed by atoms with van der Waals surface area (Å²) in [6, 6.07) is 4.80. The number of nitrogens with zero attached hydrogens (tertiary/aromatic N) is 2. The lowest BCUT2D eigenvalue weighted by Gasteiger charge is -2.43. The number of hydrogen-bond donors (Lipinski definition) is 1. The molecule has 124 valence electrons. The van der Waals surface area contributed by atoms with Crippen LogP contribution >= 0.6 is 0 Å². The molecule has 2 aliphatic rings. The van der Waals surface area contributed by atoms with Crippen molar-refractivity contribution in [3.63, 3.8) is 0 Å². The molecule has 0 bridgehead atoms. The molecule has 0 unspecified atom stereocenters. The fraction of sp³-hybridized carbons (Fsp3) is 0.562. The summed E-state index contributed by atoms with van der Waals surface area (Å²) in [5.41, 5.74) is 5.96. The van der Waals surface area contributed by atoms with Gasteiger partial charge in [0.15, 0.2) is 0 Å². The van der Waals surface area contributed by atoms with Crippen molar-refractivity contribution < 1.29 is 14.5 Å². The van der Waals surface area contributed by atoms with Crippen LogP contribution in [0.5, 0.6) is 0 Å². The fourth-order valence-corrected chi connectivity index (χ4v) is 3.61. The Hall–Kier alpha value is -1.99. The van der Waals surface area contributed by atoms with Crippen LogP contribution in [0.15, 0.2) is 18.2 Å². The lowest BCUT2D eigenvalue weighted by molar-refractivity contribution is -0.385. The number of primary amides is 1. The Kier molecular flexibility index (Phi) is 4.58. The minimum absolute atomic E-state index is 0.0415. The number of carbonyl (C=O) groups excluding carboxylic acids is 1. The first kappa shape index (κ1) is 15.9. The van der Waals surface area contributed by atoms with E-state index in [1.807, 2.05) is 0 Å². The summed E-state index contributed by atoms with van der Waals surface area (Å²) >= 11 is 0. The molecule has 1 saturated heterocycles. The molecule has 1 aliphatic heterocycles. The van der Waals surface area contributed by atoms with Crippen LogP contribution in [-0.2, 0) is 11.3 Å². The molecule has 2 N–H and O–H groups in total. The van der Waals surface area contributed by atoms with Crippen LogP contribution in [0.2, 0.25) is 0 Å². The molecule has 2 atom stereocenters. The van der Waals surface area contributed by atoms with Crippen LogP contribution in [0.25, 0.3) is 0 Å². The molecule has 23 heavy (non-hydrogen) atoms. The van der Waals surface area contributed by atoms with Gasteiger partial charge in [-0.25, -0.2) is 0 Å². The number of rotatable bonds is 4. The third-order valence-corrected chi connectivity index (χ3v) is 4.79. The van der Waals surface area contributed by atoms with Gasteiger partial charge >= 0.3 is 0 Å². The van der Waals surface area contributed by atoms with E-state index in [9.17, 15) is 14.9 Å². The maximum atomic E-state index is 11.3. The summed E-state index contributed by atoms with van der Waals surface area (Å²) in [6.45, 7) is 1.93. The van der Waals surface area contributed by atoms with Gasteiger partial charge in [0, 0.05) is 36.3 Å². The van der Waals surface area contributed by atoms with E-state index in [2.05, 4.69) is 4.90 Å². The van der Waals surface area contributed by atoms with E-state index >= 15 is 0 Å². The van der Waals surface area contributed by atoms with Gasteiger partial charge in [0.2, 0.25) is 5.91 Å². The number of morpholine rings is 1. The summed E-state index contributed by atoms with van der Waals surface area (Å²) < 4.78 is 5.84. The van der Waals surface area contributed by atoms with Crippen LogP contribution in [0.1, 0.15) is 41.6 Å². The standard InChI is InChI=1S/C16H21N3O4/c17-16(20)11-5-6-12(14(9-11)19(21)22)10-18-7-8-23-15-4-2-1-3-13(15)18/h5-6,9,13,15H,1-4,7-8,10H2,(H2,17,20)/t13-,15+/m1/s1. The minimum atomic E-state index is -0.654. The van der Waals surface area contributed by atoms with Crippen molar-refractivity contribution in [3.8, 4) is 0 Å². The van der Waals surface area contributed by atoms with Gasteiger partial charge in [-0.15, -0.1) is 0 Å². The Balaban J connectivity index is 1.83. The molecule has 0 radical (unpaired) electrons. The van der Waals surface area contributed by atoms with Crippen molar-refractivity contribution in [2.75, 3.05) is 13.2 Å². The summed E-state index contributed by atoms with van der Waals surface area (Å²) in [4.78, 5) is 24.4. The average Bonchev–Trinajstić information content (AvgIpc) is 2.55. The Labute approximate surface area is 134 Å². The second-order valence-corrected chi connectivity index (χ2v) is 6.20. The van der Waals surface area contributed by atoms with Crippen molar-refractivity contribution in [3.05, 3.63) is 39.4 Å². The largest absolute Gasteiger partial charge is 0.375 e.